The molecule has 4 rings (SSSR count). The van der Waals surface area contributed by atoms with E-state index < -0.39 is 17.2 Å². The molecule has 0 spiro atoms. The van der Waals surface area contributed by atoms with Gasteiger partial charge in [-0.2, -0.15) is 5.10 Å². The largest absolute Gasteiger partial charge is 0.389 e. The zero-order chi connectivity index (χ0) is 24.4. The van der Waals surface area contributed by atoms with Crippen LogP contribution >= 0.6 is 23.2 Å². The Hall–Kier alpha value is -3.49. The molecule has 0 amide bonds. The summed E-state index contributed by atoms with van der Waals surface area (Å²) in [6.07, 6.45) is 1.42. The minimum absolute atomic E-state index is 0.0178. The Bertz CT molecular complexity index is 1420. The summed E-state index contributed by atoms with van der Waals surface area (Å²) in [5.74, 6) is -1.58. The van der Waals surface area contributed by atoms with Crippen LogP contribution in [0.3, 0.4) is 0 Å². The molecule has 0 atom stereocenters. The molecular weight excluding hydrogens is 485 g/mol. The lowest BCUT2D eigenvalue weighted by molar-refractivity contribution is 0.127. The highest BCUT2D eigenvalue weighted by molar-refractivity contribution is 6.37. The van der Waals surface area contributed by atoms with Crippen LogP contribution in [0.15, 0.2) is 70.7 Å². The first-order valence-corrected chi connectivity index (χ1v) is 10.8. The Morgan fingerprint density at radius 2 is 1.82 bits per heavy atom. The molecule has 4 aromatic rings. The normalized spacial score (nSPS) is 11.6. The van der Waals surface area contributed by atoms with E-state index in [0.29, 0.717) is 11.3 Å². The van der Waals surface area contributed by atoms with Gasteiger partial charge in [-0.3, -0.25) is 14.0 Å². The molecule has 34 heavy (non-hydrogen) atoms. The molecule has 0 saturated heterocycles. The van der Waals surface area contributed by atoms with Crippen molar-refractivity contribution >= 4 is 28.9 Å². The van der Waals surface area contributed by atoms with Gasteiger partial charge >= 0.3 is 0 Å². The molecule has 0 bridgehead atoms. The van der Waals surface area contributed by atoms with E-state index in [2.05, 4.69) is 10.3 Å². The molecule has 6 nitrogen and oxygen atoms in total. The molecule has 2 aromatic heterocycles. The number of hydrogen-bond acceptors (Lipinski definition) is 4. The van der Waals surface area contributed by atoms with Crippen LogP contribution in [0.2, 0.25) is 10.0 Å². The van der Waals surface area contributed by atoms with Crippen molar-refractivity contribution < 1.29 is 13.6 Å². The second-order valence-electron chi connectivity index (χ2n) is 7.43. The highest BCUT2D eigenvalue weighted by atomic mass is 35.5. The van der Waals surface area contributed by atoms with Gasteiger partial charge in [0.2, 0.25) is 0 Å². The summed E-state index contributed by atoms with van der Waals surface area (Å²) in [5.41, 5.74) is 1.74. The fraction of sp³-hybridized carbons (Fsp3) is 0.125. The zero-order valence-electron chi connectivity index (χ0n) is 18.1. The first-order valence-electron chi connectivity index (χ1n) is 10.1. The van der Waals surface area contributed by atoms with E-state index in [-0.39, 0.29) is 33.6 Å². The number of para-hydroxylation sites is 1. The number of aromatic nitrogens is 3. The highest BCUT2D eigenvalue weighted by Gasteiger charge is 2.17. The van der Waals surface area contributed by atoms with Crippen LogP contribution in [0.5, 0.6) is 0 Å². The molecule has 2 heterocycles. The molecule has 0 radical (unpaired) electrons. The second-order valence-corrected chi connectivity index (χ2v) is 8.25. The van der Waals surface area contributed by atoms with Gasteiger partial charge in [0.1, 0.15) is 23.0 Å². The molecule has 2 aromatic carbocycles. The SMILES string of the molecule is Cc1cc(CON=C(c2ccc(=O)n(-c3c(Cl)cccc3Cl)c2)c2ccc(F)cc2F)nn1C. The third-order valence-electron chi connectivity index (χ3n) is 5.08. The first kappa shape index (κ1) is 23.7. The number of nitrogens with zero attached hydrogens (tertiary/aromatic N) is 4. The minimum Gasteiger partial charge on any atom is -0.389 e. The van der Waals surface area contributed by atoms with Gasteiger partial charge in [-0.15, -0.1) is 0 Å². The van der Waals surface area contributed by atoms with Gasteiger partial charge in [-0.25, -0.2) is 8.78 Å². The quantitative estimate of drug-likeness (QED) is 0.260. The van der Waals surface area contributed by atoms with Gasteiger partial charge in [-0.05, 0) is 43.3 Å². The number of hydrogen-bond donors (Lipinski definition) is 0. The average Bonchev–Trinajstić information content (AvgIpc) is 3.10. The second kappa shape index (κ2) is 9.79. The number of aryl methyl sites for hydroxylation is 2. The lowest BCUT2D eigenvalue weighted by Gasteiger charge is -2.13. The third-order valence-corrected chi connectivity index (χ3v) is 5.69. The van der Waals surface area contributed by atoms with Gasteiger partial charge in [0.05, 0.1) is 15.7 Å². The fourth-order valence-electron chi connectivity index (χ4n) is 3.33. The number of pyridine rings is 1. The molecule has 0 saturated carbocycles. The summed E-state index contributed by atoms with van der Waals surface area (Å²) in [7, 11) is 1.80. The Labute approximate surface area is 203 Å². The van der Waals surface area contributed by atoms with E-state index in [9.17, 15) is 13.6 Å². The van der Waals surface area contributed by atoms with E-state index in [1.807, 2.05) is 13.0 Å². The molecule has 0 unspecified atom stereocenters. The number of halogens is 4. The van der Waals surface area contributed by atoms with Crippen molar-refractivity contribution in [3.8, 4) is 5.69 Å². The van der Waals surface area contributed by atoms with Crippen LogP contribution in [-0.4, -0.2) is 20.1 Å². The van der Waals surface area contributed by atoms with E-state index in [1.54, 1.807) is 29.9 Å². The van der Waals surface area contributed by atoms with E-state index in [4.69, 9.17) is 28.0 Å². The molecule has 0 fully saturated rings. The summed E-state index contributed by atoms with van der Waals surface area (Å²) < 4.78 is 31.2. The molecule has 0 aliphatic heterocycles. The van der Waals surface area contributed by atoms with Crippen LogP contribution in [0, 0.1) is 18.6 Å². The lowest BCUT2D eigenvalue weighted by atomic mass is 10.0. The number of benzene rings is 2. The van der Waals surface area contributed by atoms with Crippen LogP contribution in [-0.2, 0) is 18.5 Å². The number of oxime groups is 1. The molecule has 0 aliphatic rings. The first-order chi connectivity index (χ1) is 16.2. The summed E-state index contributed by atoms with van der Waals surface area (Å²) in [6.45, 7) is 1.91. The smallest absolute Gasteiger partial charge is 0.255 e. The van der Waals surface area contributed by atoms with Gasteiger partial charge in [0.15, 0.2) is 6.61 Å². The fourth-order valence-corrected chi connectivity index (χ4v) is 3.91. The Balaban J connectivity index is 1.81. The van der Waals surface area contributed by atoms with Crippen molar-refractivity contribution in [3.05, 3.63) is 115 Å². The van der Waals surface area contributed by atoms with E-state index in [1.165, 1.54) is 29.0 Å². The highest BCUT2D eigenvalue weighted by Crippen LogP contribution is 2.28. The summed E-state index contributed by atoms with van der Waals surface area (Å²) in [5, 5.41) is 8.91. The van der Waals surface area contributed by atoms with Crippen LogP contribution in [0.1, 0.15) is 22.5 Å². The van der Waals surface area contributed by atoms with Crippen LogP contribution in [0.25, 0.3) is 5.69 Å². The maximum absolute atomic E-state index is 14.7. The molecule has 174 valence electrons. The van der Waals surface area contributed by atoms with Crippen molar-refractivity contribution in [1.29, 1.82) is 0 Å². The standard InChI is InChI=1S/C24H18Cl2F2N4O2/c1-14-10-17(29-31(14)2)13-34-30-23(18-8-7-16(27)11-21(18)28)15-6-9-22(33)32(12-15)24-19(25)4-3-5-20(24)26/h3-12H,13H2,1-2H3. The Morgan fingerprint density at radius 3 is 2.47 bits per heavy atom. The van der Waals surface area contributed by atoms with Gasteiger partial charge in [-0.1, -0.05) is 34.4 Å². The van der Waals surface area contributed by atoms with E-state index in [0.717, 1.165) is 17.8 Å². The number of rotatable bonds is 6. The predicted octanol–water partition coefficient (Wildman–Crippen LogP) is 5.43. The molecule has 0 aliphatic carbocycles. The Morgan fingerprint density at radius 1 is 1.09 bits per heavy atom. The Kier molecular flexibility index (Phi) is 6.81. The van der Waals surface area contributed by atoms with Crippen molar-refractivity contribution in [2.75, 3.05) is 0 Å². The van der Waals surface area contributed by atoms with Gasteiger partial charge in [0, 0.05) is 42.2 Å². The van der Waals surface area contributed by atoms with Gasteiger partial charge < -0.3 is 4.84 Å². The summed E-state index contributed by atoms with van der Waals surface area (Å²) in [4.78, 5) is 18.1. The molecular formula is C24H18Cl2F2N4O2. The third kappa shape index (κ3) is 4.88. The average molecular weight is 503 g/mol. The van der Waals surface area contributed by atoms with Crippen molar-refractivity contribution in [2.24, 2.45) is 12.2 Å². The van der Waals surface area contributed by atoms with Gasteiger partial charge in [0.25, 0.3) is 5.56 Å². The summed E-state index contributed by atoms with van der Waals surface area (Å²) >= 11 is 12.6. The van der Waals surface area contributed by atoms with Crippen molar-refractivity contribution in [3.63, 3.8) is 0 Å². The maximum Gasteiger partial charge on any atom is 0.255 e. The molecule has 10 heteroatoms. The topological polar surface area (TPSA) is 61.4 Å². The van der Waals surface area contributed by atoms with Crippen molar-refractivity contribution in [1.82, 2.24) is 14.3 Å². The zero-order valence-corrected chi connectivity index (χ0v) is 19.6. The van der Waals surface area contributed by atoms with Crippen LogP contribution < -0.4 is 5.56 Å². The lowest BCUT2D eigenvalue weighted by Crippen LogP contribution is -2.20. The van der Waals surface area contributed by atoms with Crippen molar-refractivity contribution in [2.45, 2.75) is 13.5 Å². The maximum atomic E-state index is 14.7. The van der Waals surface area contributed by atoms with Crippen LogP contribution in [0.4, 0.5) is 8.78 Å². The molecule has 0 N–H and O–H groups in total. The van der Waals surface area contributed by atoms with E-state index >= 15 is 0 Å². The minimum atomic E-state index is -0.843. The predicted molar refractivity (Wildman–Crippen MR) is 127 cm³/mol. The summed E-state index contributed by atoms with van der Waals surface area (Å²) in [6, 6.07) is 12.5. The monoisotopic (exact) mass is 502 g/mol.